The van der Waals surface area contributed by atoms with Gasteiger partial charge in [0.2, 0.25) is 0 Å². The second kappa shape index (κ2) is 16.2. The first kappa shape index (κ1) is 20.9. The van der Waals surface area contributed by atoms with Gasteiger partial charge in [0.25, 0.3) is 0 Å². The Bertz CT molecular complexity index is 310. The molecule has 0 amide bonds. The number of unbranched alkanes of at least 4 members (excludes halogenated alkanes) is 7. The van der Waals surface area contributed by atoms with Crippen LogP contribution in [0.3, 0.4) is 0 Å². The Kier molecular flexibility index (Phi) is 15.4. The molecule has 4 nitrogen and oxygen atoms in total. The molecule has 0 aromatic heterocycles. The standard InChI is InChI=1S/C18H32O4/c1-2-3-4-5-6-8-11-14-17(22-21)15-12-9-7-10-13-16-18(19)20/h6,8,11,14,17,21H,2-5,7,9-10,12-13,15-16H2,1H3,(H,19,20)/b8-6+,14-11-. The van der Waals surface area contributed by atoms with Crippen LogP contribution in [-0.2, 0) is 9.68 Å². The van der Waals surface area contributed by atoms with E-state index in [1.807, 2.05) is 18.2 Å². The number of hydrogen-bond donors (Lipinski definition) is 2. The number of hydrogen-bond acceptors (Lipinski definition) is 3. The molecule has 0 saturated heterocycles. The maximum atomic E-state index is 10.4. The van der Waals surface area contributed by atoms with Crippen LogP contribution in [0, 0.1) is 0 Å². The summed E-state index contributed by atoms with van der Waals surface area (Å²) in [6, 6.07) is 0. The van der Waals surface area contributed by atoms with Crippen molar-refractivity contribution in [3.63, 3.8) is 0 Å². The SMILES string of the molecule is CCCCC/C=C/C=C\C(CCCCCCCC(=O)O)OO. The first-order valence-corrected chi connectivity index (χ1v) is 8.56. The Morgan fingerprint density at radius 2 is 1.77 bits per heavy atom. The number of rotatable bonds is 15. The molecule has 0 radical (unpaired) electrons. The van der Waals surface area contributed by atoms with Crippen molar-refractivity contribution in [2.45, 2.75) is 83.7 Å². The highest BCUT2D eigenvalue weighted by Crippen LogP contribution is 2.11. The third kappa shape index (κ3) is 15.3. The number of aliphatic carboxylic acids is 1. The molecule has 0 aromatic carbocycles. The van der Waals surface area contributed by atoms with E-state index in [-0.39, 0.29) is 12.5 Å². The van der Waals surface area contributed by atoms with E-state index in [1.165, 1.54) is 19.3 Å². The van der Waals surface area contributed by atoms with E-state index in [0.717, 1.165) is 44.9 Å². The maximum Gasteiger partial charge on any atom is 0.303 e. The van der Waals surface area contributed by atoms with Crippen molar-refractivity contribution in [3.05, 3.63) is 24.3 Å². The monoisotopic (exact) mass is 312 g/mol. The van der Waals surface area contributed by atoms with Crippen molar-refractivity contribution >= 4 is 5.97 Å². The van der Waals surface area contributed by atoms with Gasteiger partial charge in [-0.1, -0.05) is 69.8 Å². The Balaban J connectivity index is 3.59. The molecular formula is C18H32O4. The first-order valence-electron chi connectivity index (χ1n) is 8.56. The highest BCUT2D eigenvalue weighted by molar-refractivity contribution is 5.66. The molecule has 0 aliphatic carbocycles. The molecule has 0 rings (SSSR count). The van der Waals surface area contributed by atoms with Gasteiger partial charge in [-0.3, -0.25) is 10.1 Å². The van der Waals surface area contributed by atoms with Crippen molar-refractivity contribution in [2.24, 2.45) is 0 Å². The van der Waals surface area contributed by atoms with Gasteiger partial charge in [-0.2, -0.15) is 0 Å². The zero-order valence-electron chi connectivity index (χ0n) is 13.9. The van der Waals surface area contributed by atoms with E-state index in [4.69, 9.17) is 10.4 Å². The van der Waals surface area contributed by atoms with E-state index < -0.39 is 5.97 Å². The number of allylic oxidation sites excluding steroid dienone is 3. The molecule has 0 saturated carbocycles. The molecule has 0 aliphatic heterocycles. The minimum absolute atomic E-state index is 0.251. The molecule has 0 aliphatic rings. The lowest BCUT2D eigenvalue weighted by atomic mass is 10.1. The molecule has 128 valence electrons. The molecular weight excluding hydrogens is 280 g/mol. The van der Waals surface area contributed by atoms with Gasteiger partial charge in [-0.25, -0.2) is 4.89 Å². The summed E-state index contributed by atoms with van der Waals surface area (Å²) in [6.07, 6.45) is 18.3. The van der Waals surface area contributed by atoms with Gasteiger partial charge in [0.05, 0.1) is 0 Å². The Hall–Kier alpha value is -1.13. The van der Waals surface area contributed by atoms with E-state index >= 15 is 0 Å². The number of carbonyl (C=O) groups is 1. The van der Waals surface area contributed by atoms with Crippen LogP contribution in [0.4, 0.5) is 0 Å². The van der Waals surface area contributed by atoms with E-state index in [0.29, 0.717) is 0 Å². The maximum absolute atomic E-state index is 10.4. The summed E-state index contributed by atoms with van der Waals surface area (Å²) in [5.74, 6) is -0.721. The summed E-state index contributed by atoms with van der Waals surface area (Å²) in [5.41, 5.74) is 0. The van der Waals surface area contributed by atoms with Crippen LogP contribution in [0.5, 0.6) is 0 Å². The van der Waals surface area contributed by atoms with Crippen molar-refractivity contribution in [2.75, 3.05) is 0 Å². The van der Waals surface area contributed by atoms with Crippen molar-refractivity contribution < 1.29 is 20.0 Å². The molecule has 0 fully saturated rings. The van der Waals surface area contributed by atoms with Crippen molar-refractivity contribution in [1.29, 1.82) is 0 Å². The predicted octanol–water partition coefficient (Wildman–Crippen LogP) is 5.35. The lowest BCUT2D eigenvalue weighted by Crippen LogP contribution is -2.06. The van der Waals surface area contributed by atoms with Gasteiger partial charge >= 0.3 is 5.97 Å². The number of carboxylic acids is 1. The van der Waals surface area contributed by atoms with Crippen molar-refractivity contribution in [3.8, 4) is 0 Å². The van der Waals surface area contributed by atoms with Gasteiger partial charge in [-0.05, 0) is 25.7 Å². The lowest BCUT2D eigenvalue weighted by Gasteiger charge is -2.08. The minimum atomic E-state index is -0.721. The quantitative estimate of drug-likeness (QED) is 0.185. The van der Waals surface area contributed by atoms with E-state index in [9.17, 15) is 4.79 Å². The largest absolute Gasteiger partial charge is 0.481 e. The fourth-order valence-corrected chi connectivity index (χ4v) is 2.21. The lowest BCUT2D eigenvalue weighted by molar-refractivity contribution is -0.267. The van der Waals surface area contributed by atoms with Crippen LogP contribution in [0.1, 0.15) is 77.6 Å². The molecule has 2 N–H and O–H groups in total. The fourth-order valence-electron chi connectivity index (χ4n) is 2.21. The van der Waals surface area contributed by atoms with Crippen LogP contribution in [0.15, 0.2) is 24.3 Å². The Morgan fingerprint density at radius 1 is 1.05 bits per heavy atom. The molecule has 0 bridgehead atoms. The van der Waals surface area contributed by atoms with Crippen LogP contribution in [-0.4, -0.2) is 22.4 Å². The van der Waals surface area contributed by atoms with Gasteiger partial charge in [-0.15, -0.1) is 0 Å². The van der Waals surface area contributed by atoms with Crippen LogP contribution in [0.25, 0.3) is 0 Å². The molecule has 22 heavy (non-hydrogen) atoms. The third-order valence-electron chi connectivity index (χ3n) is 3.56. The zero-order valence-corrected chi connectivity index (χ0v) is 13.9. The average Bonchev–Trinajstić information content (AvgIpc) is 2.50. The van der Waals surface area contributed by atoms with E-state index in [1.54, 1.807) is 0 Å². The summed E-state index contributed by atoms with van der Waals surface area (Å²) in [6.45, 7) is 2.19. The molecule has 1 atom stereocenters. The summed E-state index contributed by atoms with van der Waals surface area (Å²) in [4.78, 5) is 14.8. The summed E-state index contributed by atoms with van der Waals surface area (Å²) in [7, 11) is 0. The summed E-state index contributed by atoms with van der Waals surface area (Å²) < 4.78 is 0. The molecule has 0 spiro atoms. The number of carboxylic acid groups (broad SMARTS) is 1. The minimum Gasteiger partial charge on any atom is -0.481 e. The highest BCUT2D eigenvalue weighted by atomic mass is 17.1. The topological polar surface area (TPSA) is 66.8 Å². The summed E-state index contributed by atoms with van der Waals surface area (Å²) >= 11 is 0. The predicted molar refractivity (Wildman–Crippen MR) is 89.9 cm³/mol. The zero-order chi connectivity index (χ0) is 16.5. The van der Waals surface area contributed by atoms with Crippen LogP contribution in [0.2, 0.25) is 0 Å². The third-order valence-corrected chi connectivity index (χ3v) is 3.56. The Labute approximate surface area is 134 Å². The van der Waals surface area contributed by atoms with Gasteiger partial charge in [0.15, 0.2) is 0 Å². The van der Waals surface area contributed by atoms with Crippen LogP contribution >= 0.6 is 0 Å². The van der Waals surface area contributed by atoms with E-state index in [2.05, 4.69) is 17.9 Å². The second-order valence-corrected chi connectivity index (χ2v) is 5.65. The first-order chi connectivity index (χ1) is 10.7. The second-order valence-electron chi connectivity index (χ2n) is 5.65. The summed E-state index contributed by atoms with van der Waals surface area (Å²) in [5, 5.41) is 17.4. The fraction of sp³-hybridized carbons (Fsp3) is 0.722. The Morgan fingerprint density at radius 3 is 2.45 bits per heavy atom. The average molecular weight is 312 g/mol. The van der Waals surface area contributed by atoms with Gasteiger partial charge < -0.3 is 5.11 Å². The van der Waals surface area contributed by atoms with Gasteiger partial charge in [0.1, 0.15) is 6.10 Å². The normalized spacial score (nSPS) is 13.2. The highest BCUT2D eigenvalue weighted by Gasteiger charge is 2.03. The molecule has 1 unspecified atom stereocenters. The van der Waals surface area contributed by atoms with Gasteiger partial charge in [0, 0.05) is 6.42 Å². The molecule has 0 aromatic rings. The molecule has 4 heteroatoms. The van der Waals surface area contributed by atoms with Crippen molar-refractivity contribution in [1.82, 2.24) is 0 Å². The molecule has 0 heterocycles. The van der Waals surface area contributed by atoms with Crippen LogP contribution < -0.4 is 0 Å². The smallest absolute Gasteiger partial charge is 0.303 e.